The first kappa shape index (κ1) is 3.22. The van der Waals surface area contributed by atoms with Crippen molar-refractivity contribution >= 4 is 21.6 Å². The van der Waals surface area contributed by atoms with Crippen LogP contribution in [0.5, 0.6) is 0 Å². The van der Waals surface area contributed by atoms with Gasteiger partial charge in [0, 0.05) is 45.7 Å². The van der Waals surface area contributed by atoms with Crippen molar-refractivity contribution in [3.63, 3.8) is 0 Å². The van der Waals surface area contributed by atoms with Crippen molar-refractivity contribution in [2.24, 2.45) is 0 Å². The van der Waals surface area contributed by atoms with Gasteiger partial charge >= 0.3 is 0 Å². The predicted molar refractivity (Wildman–Crippen MR) is 63.9 cm³/mol. The van der Waals surface area contributed by atoms with Crippen molar-refractivity contribution in [3.8, 4) is 0 Å². The lowest BCUT2D eigenvalue weighted by molar-refractivity contribution is 0.313. The molecule has 0 atom stereocenters. The van der Waals surface area contributed by atoms with Crippen LogP contribution in [0.4, 0.5) is 5.69 Å². The maximum Gasteiger partial charge on any atom is 0.0506 e. The lowest BCUT2D eigenvalue weighted by atomic mass is 10.2. The van der Waals surface area contributed by atoms with Crippen LogP contribution in [-0.4, -0.2) is 37.9 Å². The highest BCUT2D eigenvalue weighted by Crippen LogP contribution is 2.20. The molecular weight excluding hydrogens is 240 g/mol. The Labute approximate surface area is 109 Å². The molecule has 0 aliphatic carbocycles. The number of likely N-dealkylation sites (N-methyl/N-ethyl adjacent to an activating group) is 1. The largest absolute Gasteiger partial charge is 0.369 e. The number of nitrogens with zero attached hydrogens (tertiary/aromatic N) is 2. The van der Waals surface area contributed by atoms with Crippen LogP contribution < -0.4 is 4.90 Å². The number of halogens is 1. The Kier molecular flexibility index (Phi) is 0.995. The van der Waals surface area contributed by atoms with Crippen molar-refractivity contribution in [1.82, 2.24) is 4.90 Å². The summed E-state index contributed by atoms with van der Waals surface area (Å²) >= 11 is 3.15. The van der Waals surface area contributed by atoms with Gasteiger partial charge in [0.05, 0.1) is 5.48 Å². The lowest BCUT2D eigenvalue weighted by Gasteiger charge is -2.34. The first-order valence-electron chi connectivity index (χ1n) is 9.35. The summed E-state index contributed by atoms with van der Waals surface area (Å²) in [5, 5.41) is 0. The first-order chi connectivity index (χ1) is 11.0. The van der Waals surface area contributed by atoms with E-state index in [-0.39, 0.29) is 10.6 Å². The third-order valence-electron chi connectivity index (χ3n) is 1.61. The number of hydrogen-bond acceptors (Lipinski definition) is 2. The molecule has 0 N–H and O–H groups in total. The topological polar surface area (TPSA) is 6.48 Å². The minimum absolute atomic E-state index is 0.137. The highest BCUT2D eigenvalue weighted by molar-refractivity contribution is 9.10. The van der Waals surface area contributed by atoms with Gasteiger partial charge in [-0.3, -0.25) is 0 Å². The van der Waals surface area contributed by atoms with Crippen LogP contribution in [0.25, 0.3) is 0 Å². The summed E-state index contributed by atoms with van der Waals surface area (Å²) in [6.45, 7) is -16.5. The Balaban J connectivity index is 2.80. The molecule has 0 bridgehead atoms. The third kappa shape index (κ3) is 2.28. The van der Waals surface area contributed by atoms with Crippen molar-refractivity contribution in [1.29, 1.82) is 0 Å². The van der Waals surface area contributed by atoms with Crippen LogP contribution in [-0.2, 0) is 0 Å². The van der Waals surface area contributed by atoms with Gasteiger partial charge in [0.25, 0.3) is 0 Å². The summed E-state index contributed by atoms with van der Waals surface area (Å²) in [6, 6.07) is 5.62. The summed E-state index contributed by atoms with van der Waals surface area (Å²) in [5.74, 6) is 0. The van der Waals surface area contributed by atoms with Crippen LogP contribution in [0.3, 0.4) is 0 Å². The Bertz CT molecular complexity index is 644. The van der Waals surface area contributed by atoms with E-state index in [1.165, 1.54) is 18.2 Å². The summed E-state index contributed by atoms with van der Waals surface area (Å²) < 4.78 is 87.3. The summed E-state index contributed by atoms with van der Waals surface area (Å²) in [6.07, 6.45) is 0. The molecule has 3 heteroatoms. The van der Waals surface area contributed by atoms with E-state index < -0.39 is 33.0 Å². The molecule has 1 aromatic rings. The van der Waals surface area contributed by atoms with Crippen molar-refractivity contribution in [2.45, 2.75) is 0 Å². The molecule has 1 aromatic carbocycles. The molecule has 1 saturated heterocycles. The van der Waals surface area contributed by atoms with Crippen molar-refractivity contribution < 1.29 is 15.1 Å². The van der Waals surface area contributed by atoms with Gasteiger partial charge in [-0.2, -0.15) is 0 Å². The number of benzene rings is 1. The molecule has 2 rings (SSSR count). The predicted octanol–water partition coefficient (Wildman–Crippen LogP) is 2.20. The van der Waals surface area contributed by atoms with Gasteiger partial charge in [-0.1, -0.05) is 22.0 Å². The Morgan fingerprint density at radius 1 is 1.36 bits per heavy atom. The maximum atomic E-state index is 8.14. The molecular formula is C11H15BrN2. The van der Waals surface area contributed by atoms with Crippen molar-refractivity contribution in [2.75, 3.05) is 37.9 Å². The number of anilines is 1. The third-order valence-corrected chi connectivity index (χ3v) is 2.11. The molecule has 1 heterocycles. The molecule has 1 aliphatic heterocycles. The van der Waals surface area contributed by atoms with E-state index in [4.69, 9.17) is 15.1 Å². The van der Waals surface area contributed by atoms with Gasteiger partial charge in [0.15, 0.2) is 0 Å². The normalized spacial score (nSPS) is 45.5. The van der Waals surface area contributed by atoms with Gasteiger partial charge in [-0.15, -0.1) is 0 Å². The number of rotatable bonds is 1. The number of hydrogen-bond donors (Lipinski definition) is 0. The average molecular weight is 266 g/mol. The zero-order valence-electron chi connectivity index (χ0n) is 18.1. The monoisotopic (exact) mass is 265 g/mol. The highest BCUT2D eigenvalue weighted by Gasteiger charge is 2.13. The zero-order chi connectivity index (χ0) is 19.6. The molecule has 14 heavy (non-hydrogen) atoms. The van der Waals surface area contributed by atoms with Gasteiger partial charge in [0.1, 0.15) is 0 Å². The van der Waals surface area contributed by atoms with E-state index in [2.05, 4.69) is 15.9 Å². The molecule has 0 radical (unpaired) electrons. The maximum absolute atomic E-state index is 8.14. The molecule has 1 aliphatic rings. The summed E-state index contributed by atoms with van der Waals surface area (Å²) in [7, 11) is 0. The highest BCUT2D eigenvalue weighted by atomic mass is 79.9. The van der Waals surface area contributed by atoms with Crippen molar-refractivity contribution in [3.05, 3.63) is 28.7 Å². The molecule has 0 aromatic heterocycles. The molecule has 0 unspecified atom stereocenters. The summed E-state index contributed by atoms with van der Waals surface area (Å²) in [4.78, 5) is -0.0332. The average Bonchev–Trinajstić information content (AvgIpc) is 2.33. The number of piperazine rings is 1. The van der Waals surface area contributed by atoms with Crippen LogP contribution in [0.1, 0.15) is 15.1 Å². The fraction of sp³-hybridized carbons (Fsp3) is 0.455. The quantitative estimate of drug-likeness (QED) is 0.769. The zero-order valence-corrected chi connectivity index (χ0v) is 8.67. The van der Waals surface area contributed by atoms with Crippen LogP contribution >= 0.6 is 15.9 Å². The van der Waals surface area contributed by atoms with E-state index in [1.54, 1.807) is 6.07 Å². The smallest absolute Gasteiger partial charge is 0.0506 e. The minimum atomic E-state index is -3.41. The Hall–Kier alpha value is -0.540. The molecule has 2 nitrogen and oxygen atoms in total. The van der Waals surface area contributed by atoms with Crippen LogP contribution in [0.15, 0.2) is 28.7 Å². The van der Waals surface area contributed by atoms with Crippen LogP contribution in [0, 0.1) is 0 Å². The molecule has 76 valence electrons. The van der Waals surface area contributed by atoms with Gasteiger partial charge in [-0.05, 0) is 25.2 Å². The van der Waals surface area contributed by atoms with Gasteiger partial charge in [0.2, 0.25) is 0 Å². The fourth-order valence-corrected chi connectivity index (χ4v) is 1.39. The Morgan fingerprint density at radius 3 is 2.79 bits per heavy atom. The lowest BCUT2D eigenvalue weighted by Crippen LogP contribution is -2.44. The van der Waals surface area contributed by atoms with E-state index in [1.807, 2.05) is 0 Å². The summed E-state index contributed by atoms with van der Waals surface area (Å²) in [5.41, 5.74) is -0.137. The molecule has 1 fully saturated rings. The second-order valence-corrected chi connectivity index (χ2v) is 3.51. The Morgan fingerprint density at radius 2 is 2.14 bits per heavy atom. The van der Waals surface area contributed by atoms with E-state index >= 15 is 0 Å². The SMILES string of the molecule is [2H]C([2H])([2H])N1C([2H])([2H])C([2H])([2H])N(c2cccc(Br)c2)C([2H])([2H])C1([2H])[2H]. The minimum Gasteiger partial charge on any atom is -0.369 e. The second-order valence-electron chi connectivity index (χ2n) is 2.60. The van der Waals surface area contributed by atoms with E-state index in [0.717, 1.165) is 0 Å². The molecule has 0 amide bonds. The van der Waals surface area contributed by atoms with E-state index in [0.29, 0.717) is 9.37 Å². The van der Waals surface area contributed by atoms with Crippen LogP contribution in [0.2, 0.25) is 0 Å². The van der Waals surface area contributed by atoms with E-state index in [9.17, 15) is 0 Å². The fourth-order valence-electron chi connectivity index (χ4n) is 1.00. The first-order valence-corrected chi connectivity index (χ1v) is 4.64. The molecule has 0 spiro atoms. The molecule has 0 saturated carbocycles. The standard InChI is InChI=1S/C11H15BrN2/c1-13-5-7-14(8-6-13)11-4-2-3-10(12)9-11/h2-4,9H,5-8H2,1H3/i1D3,5D2,6D2,7D2,8D2. The van der Waals surface area contributed by atoms with Gasteiger partial charge < -0.3 is 9.80 Å². The second kappa shape index (κ2) is 4.32. The van der Waals surface area contributed by atoms with Gasteiger partial charge in [-0.25, -0.2) is 0 Å².